The Hall–Kier alpha value is -1.66. The van der Waals surface area contributed by atoms with Gasteiger partial charge in [0.2, 0.25) is 5.91 Å². The predicted octanol–water partition coefficient (Wildman–Crippen LogP) is 3.68. The standard InChI is InChI=1S/C22H28Cl2N4O/c23-18-2-1-3-19(24)20(18)22(21(25)29,10-4-16-5-11-26-12-6-16)28-15-9-17-7-13-27-14-8-17/h1-3,5-6,11-12,17,27-28H,4,7-10,13-15H2,(H2,25,29). The molecule has 156 valence electrons. The van der Waals surface area contributed by atoms with Crippen molar-refractivity contribution in [2.45, 2.75) is 37.6 Å². The average molecular weight is 435 g/mol. The van der Waals surface area contributed by atoms with E-state index in [0.717, 1.165) is 37.9 Å². The average Bonchev–Trinajstić information content (AvgIpc) is 2.72. The number of pyridine rings is 1. The molecule has 0 aliphatic carbocycles. The van der Waals surface area contributed by atoms with Crippen LogP contribution in [0.15, 0.2) is 42.7 Å². The third-order valence-electron chi connectivity index (χ3n) is 5.79. The zero-order chi connectivity index (χ0) is 20.7. The van der Waals surface area contributed by atoms with Gasteiger partial charge in [-0.25, -0.2) is 0 Å². The van der Waals surface area contributed by atoms with Gasteiger partial charge in [0, 0.05) is 28.0 Å². The van der Waals surface area contributed by atoms with Gasteiger partial charge < -0.3 is 11.1 Å². The normalized spacial score (nSPS) is 17.0. The molecule has 3 rings (SSSR count). The minimum Gasteiger partial charge on any atom is -0.368 e. The van der Waals surface area contributed by atoms with Gasteiger partial charge in [-0.05, 0) is 87.5 Å². The van der Waals surface area contributed by atoms with E-state index < -0.39 is 11.4 Å². The molecule has 1 saturated heterocycles. The van der Waals surface area contributed by atoms with Gasteiger partial charge >= 0.3 is 0 Å². The van der Waals surface area contributed by atoms with Gasteiger partial charge in [0.25, 0.3) is 0 Å². The summed E-state index contributed by atoms with van der Waals surface area (Å²) in [7, 11) is 0. The number of benzene rings is 1. The smallest absolute Gasteiger partial charge is 0.242 e. The van der Waals surface area contributed by atoms with E-state index in [1.807, 2.05) is 12.1 Å². The first-order valence-corrected chi connectivity index (χ1v) is 10.9. The van der Waals surface area contributed by atoms with Crippen molar-refractivity contribution in [3.63, 3.8) is 0 Å². The van der Waals surface area contributed by atoms with E-state index in [1.165, 1.54) is 0 Å². The van der Waals surface area contributed by atoms with Crippen molar-refractivity contribution in [2.24, 2.45) is 11.7 Å². The molecule has 2 aromatic rings. The second kappa shape index (κ2) is 10.4. The molecule has 1 aliphatic rings. The molecule has 7 heteroatoms. The number of carbonyl (C=O) groups is 1. The Morgan fingerprint density at radius 2 is 1.83 bits per heavy atom. The molecule has 0 bridgehead atoms. The number of rotatable bonds is 9. The molecule has 29 heavy (non-hydrogen) atoms. The van der Waals surface area contributed by atoms with E-state index in [9.17, 15) is 4.79 Å². The van der Waals surface area contributed by atoms with Gasteiger partial charge in [-0.1, -0.05) is 29.3 Å². The van der Waals surface area contributed by atoms with Gasteiger partial charge in [-0.15, -0.1) is 0 Å². The summed E-state index contributed by atoms with van der Waals surface area (Å²) in [5.74, 6) is 0.170. The Morgan fingerprint density at radius 1 is 1.17 bits per heavy atom. The summed E-state index contributed by atoms with van der Waals surface area (Å²) in [6, 6.07) is 9.16. The quantitative estimate of drug-likeness (QED) is 0.562. The summed E-state index contributed by atoms with van der Waals surface area (Å²) >= 11 is 13.0. The maximum atomic E-state index is 12.8. The Balaban J connectivity index is 1.86. The molecule has 1 amide bonds. The van der Waals surface area contributed by atoms with E-state index in [-0.39, 0.29) is 0 Å². The minimum absolute atomic E-state index is 0.445. The van der Waals surface area contributed by atoms with E-state index in [0.29, 0.717) is 40.9 Å². The lowest BCUT2D eigenvalue weighted by Crippen LogP contribution is -2.54. The summed E-state index contributed by atoms with van der Waals surface area (Å²) in [6.07, 6.45) is 7.87. The van der Waals surface area contributed by atoms with Crippen molar-refractivity contribution in [1.82, 2.24) is 15.6 Å². The molecule has 1 aliphatic heterocycles. The highest BCUT2D eigenvalue weighted by Gasteiger charge is 2.41. The fourth-order valence-corrected chi connectivity index (χ4v) is 4.80. The number of halogens is 2. The van der Waals surface area contributed by atoms with Crippen LogP contribution in [-0.4, -0.2) is 30.5 Å². The number of carbonyl (C=O) groups excluding carboxylic acids is 1. The zero-order valence-electron chi connectivity index (χ0n) is 16.5. The van der Waals surface area contributed by atoms with Crippen LogP contribution in [0.1, 0.15) is 36.8 Å². The molecular formula is C22H28Cl2N4O. The fourth-order valence-electron chi connectivity index (χ4n) is 4.08. The second-order valence-electron chi connectivity index (χ2n) is 7.63. The molecular weight excluding hydrogens is 407 g/mol. The number of nitrogens with zero attached hydrogens (tertiary/aromatic N) is 1. The lowest BCUT2D eigenvalue weighted by atomic mass is 9.82. The van der Waals surface area contributed by atoms with Crippen molar-refractivity contribution in [3.8, 4) is 0 Å². The number of hydrogen-bond donors (Lipinski definition) is 3. The molecule has 1 aromatic heterocycles. The van der Waals surface area contributed by atoms with Crippen LogP contribution in [0.4, 0.5) is 0 Å². The minimum atomic E-state index is -1.13. The zero-order valence-corrected chi connectivity index (χ0v) is 18.0. The van der Waals surface area contributed by atoms with Crippen LogP contribution in [0.3, 0.4) is 0 Å². The van der Waals surface area contributed by atoms with Gasteiger partial charge in [0.05, 0.1) is 0 Å². The first-order valence-electron chi connectivity index (χ1n) is 10.1. The lowest BCUT2D eigenvalue weighted by Gasteiger charge is -2.35. The van der Waals surface area contributed by atoms with Gasteiger partial charge in [0.1, 0.15) is 5.54 Å². The van der Waals surface area contributed by atoms with E-state index in [1.54, 1.807) is 30.6 Å². The number of piperidine rings is 1. The topological polar surface area (TPSA) is 80.0 Å². The maximum Gasteiger partial charge on any atom is 0.242 e. The summed E-state index contributed by atoms with van der Waals surface area (Å²) in [6.45, 7) is 2.76. The monoisotopic (exact) mass is 434 g/mol. The fraction of sp³-hybridized carbons (Fsp3) is 0.455. The third-order valence-corrected chi connectivity index (χ3v) is 6.42. The summed E-state index contributed by atoms with van der Waals surface area (Å²) in [5.41, 5.74) is 6.49. The number of primary amides is 1. The number of nitrogens with two attached hydrogens (primary N) is 1. The number of aryl methyl sites for hydroxylation is 1. The molecule has 0 saturated carbocycles. The van der Waals surface area contributed by atoms with E-state index in [2.05, 4.69) is 15.6 Å². The Kier molecular flexibility index (Phi) is 7.90. The molecule has 4 N–H and O–H groups in total. The molecule has 0 spiro atoms. The van der Waals surface area contributed by atoms with Crippen LogP contribution in [0, 0.1) is 5.92 Å². The van der Waals surface area contributed by atoms with Crippen LogP contribution < -0.4 is 16.4 Å². The highest BCUT2D eigenvalue weighted by atomic mass is 35.5. The van der Waals surface area contributed by atoms with Gasteiger partial charge in [0.15, 0.2) is 0 Å². The summed E-state index contributed by atoms with van der Waals surface area (Å²) in [4.78, 5) is 16.9. The van der Waals surface area contributed by atoms with E-state index in [4.69, 9.17) is 28.9 Å². The molecule has 0 radical (unpaired) electrons. The van der Waals surface area contributed by atoms with Crippen molar-refractivity contribution < 1.29 is 4.79 Å². The lowest BCUT2D eigenvalue weighted by molar-refractivity contribution is -0.125. The van der Waals surface area contributed by atoms with Crippen LogP contribution in [-0.2, 0) is 16.8 Å². The predicted molar refractivity (Wildman–Crippen MR) is 118 cm³/mol. The van der Waals surface area contributed by atoms with Crippen molar-refractivity contribution in [2.75, 3.05) is 19.6 Å². The largest absolute Gasteiger partial charge is 0.368 e. The van der Waals surface area contributed by atoms with Crippen LogP contribution in [0.25, 0.3) is 0 Å². The van der Waals surface area contributed by atoms with E-state index >= 15 is 0 Å². The molecule has 2 heterocycles. The second-order valence-corrected chi connectivity index (χ2v) is 8.44. The van der Waals surface area contributed by atoms with Gasteiger partial charge in [-0.2, -0.15) is 0 Å². The SMILES string of the molecule is NC(=O)C(CCc1ccncc1)(NCCC1CCNCC1)c1c(Cl)cccc1Cl. The molecule has 5 nitrogen and oxygen atoms in total. The highest BCUT2D eigenvalue weighted by Crippen LogP contribution is 2.37. The number of hydrogen-bond acceptors (Lipinski definition) is 4. The maximum absolute atomic E-state index is 12.8. The van der Waals surface area contributed by atoms with Crippen molar-refractivity contribution in [3.05, 3.63) is 63.9 Å². The number of amides is 1. The molecule has 1 unspecified atom stereocenters. The van der Waals surface area contributed by atoms with Crippen molar-refractivity contribution in [1.29, 1.82) is 0 Å². The first kappa shape index (κ1) is 22.0. The van der Waals surface area contributed by atoms with Crippen LogP contribution in [0.2, 0.25) is 10.0 Å². The Labute approximate surface area is 182 Å². The summed E-state index contributed by atoms with van der Waals surface area (Å²) < 4.78 is 0. The third kappa shape index (κ3) is 5.48. The van der Waals surface area contributed by atoms with Crippen LogP contribution in [0.5, 0.6) is 0 Å². The first-order chi connectivity index (χ1) is 14.0. The highest BCUT2D eigenvalue weighted by molar-refractivity contribution is 6.36. The van der Waals surface area contributed by atoms with Crippen molar-refractivity contribution >= 4 is 29.1 Å². The summed E-state index contributed by atoms with van der Waals surface area (Å²) in [5, 5.41) is 7.74. The van der Waals surface area contributed by atoms with Gasteiger partial charge in [-0.3, -0.25) is 15.1 Å². The molecule has 1 fully saturated rings. The number of aromatic nitrogens is 1. The molecule has 1 aromatic carbocycles. The van der Waals surface area contributed by atoms with Crippen LogP contribution >= 0.6 is 23.2 Å². The number of nitrogens with one attached hydrogen (secondary N) is 2. The molecule has 1 atom stereocenters. The Morgan fingerprint density at radius 3 is 2.45 bits per heavy atom. The Bertz CT molecular complexity index is 791.